The summed E-state index contributed by atoms with van der Waals surface area (Å²) in [6.07, 6.45) is 0.987. The van der Waals surface area contributed by atoms with Crippen LogP contribution in [0.2, 0.25) is 0 Å². The number of likely N-dealkylation sites (tertiary alicyclic amines) is 1. The van der Waals surface area contributed by atoms with Crippen LogP contribution in [0.5, 0.6) is 0 Å². The van der Waals surface area contributed by atoms with Gasteiger partial charge in [-0.25, -0.2) is 0 Å². The van der Waals surface area contributed by atoms with Crippen molar-refractivity contribution in [2.45, 2.75) is 45.6 Å². The average Bonchev–Trinajstić information content (AvgIpc) is 2.96. The first-order valence-electron chi connectivity index (χ1n) is 6.68. The van der Waals surface area contributed by atoms with Gasteiger partial charge in [0.25, 0.3) is 5.91 Å². The van der Waals surface area contributed by atoms with E-state index >= 15 is 0 Å². The molecule has 1 amide bonds. The normalized spacial score (nSPS) is 21.7. The smallest absolute Gasteiger partial charge is 0.267 e. The maximum atomic E-state index is 12.6. The Balaban J connectivity index is 2.16. The van der Waals surface area contributed by atoms with E-state index in [2.05, 4.69) is 30.4 Å². The van der Waals surface area contributed by atoms with Gasteiger partial charge in [0.2, 0.25) is 0 Å². The van der Waals surface area contributed by atoms with Crippen molar-refractivity contribution in [1.82, 2.24) is 14.5 Å². The van der Waals surface area contributed by atoms with E-state index in [1.165, 1.54) is 11.5 Å². The second-order valence-corrected chi connectivity index (χ2v) is 7.11. The Labute approximate surface area is 118 Å². The van der Waals surface area contributed by atoms with E-state index in [0.717, 1.165) is 25.2 Å². The van der Waals surface area contributed by atoms with Crippen LogP contribution < -0.4 is 5.73 Å². The predicted molar refractivity (Wildman–Crippen MR) is 76.3 cm³/mol. The molecule has 1 aromatic rings. The largest absolute Gasteiger partial charge is 0.337 e. The highest BCUT2D eigenvalue weighted by Gasteiger charge is 2.33. The molecule has 0 saturated carbocycles. The third-order valence-corrected chi connectivity index (χ3v) is 4.36. The lowest BCUT2D eigenvalue weighted by Gasteiger charge is -2.20. The van der Waals surface area contributed by atoms with Gasteiger partial charge >= 0.3 is 0 Å². The zero-order chi connectivity index (χ0) is 14.2. The van der Waals surface area contributed by atoms with Crippen LogP contribution in [0.4, 0.5) is 0 Å². The number of nitrogens with two attached hydrogens (primary N) is 1. The molecule has 5 nitrogen and oxygen atoms in total. The number of amides is 1. The van der Waals surface area contributed by atoms with Crippen molar-refractivity contribution in [2.24, 2.45) is 11.7 Å². The van der Waals surface area contributed by atoms with Gasteiger partial charge in [-0.2, -0.15) is 0 Å². The quantitative estimate of drug-likeness (QED) is 0.895. The van der Waals surface area contributed by atoms with E-state index in [0.29, 0.717) is 10.8 Å². The lowest BCUT2D eigenvalue weighted by atomic mass is 9.91. The number of rotatable bonds is 2. The monoisotopic (exact) mass is 282 g/mol. The summed E-state index contributed by atoms with van der Waals surface area (Å²) >= 11 is 1.20. The van der Waals surface area contributed by atoms with E-state index in [9.17, 15) is 4.79 Å². The van der Waals surface area contributed by atoms with Crippen LogP contribution in [0, 0.1) is 5.92 Å². The Morgan fingerprint density at radius 2 is 2.21 bits per heavy atom. The molecule has 106 valence electrons. The molecule has 1 aliphatic rings. The summed E-state index contributed by atoms with van der Waals surface area (Å²) in [6, 6.07) is 0.138. The van der Waals surface area contributed by atoms with Crippen molar-refractivity contribution in [3.8, 4) is 0 Å². The standard InChI is InChI=1S/C13H22N4OS/c1-8(14)9-5-6-17(7-9)12(18)10-11(13(2,3)4)15-16-19-10/h8-9H,5-7,14H2,1-4H3. The Kier molecular flexibility index (Phi) is 3.92. The molecule has 1 saturated heterocycles. The summed E-state index contributed by atoms with van der Waals surface area (Å²) in [7, 11) is 0. The fourth-order valence-corrected chi connectivity index (χ4v) is 3.21. The first-order chi connectivity index (χ1) is 8.80. The lowest BCUT2D eigenvalue weighted by Crippen LogP contribution is -2.33. The molecule has 2 heterocycles. The highest BCUT2D eigenvalue weighted by atomic mass is 32.1. The number of nitrogens with zero attached hydrogens (tertiary/aromatic N) is 3. The Morgan fingerprint density at radius 3 is 2.74 bits per heavy atom. The number of carbonyl (C=O) groups excluding carboxylic acids is 1. The van der Waals surface area contributed by atoms with Gasteiger partial charge in [0.15, 0.2) is 0 Å². The number of aromatic nitrogens is 2. The molecule has 2 rings (SSSR count). The first-order valence-corrected chi connectivity index (χ1v) is 7.45. The third kappa shape index (κ3) is 2.95. The van der Waals surface area contributed by atoms with Crippen molar-refractivity contribution in [3.63, 3.8) is 0 Å². The van der Waals surface area contributed by atoms with Gasteiger partial charge < -0.3 is 10.6 Å². The van der Waals surface area contributed by atoms with E-state index < -0.39 is 0 Å². The molecule has 0 spiro atoms. The molecule has 1 aliphatic heterocycles. The van der Waals surface area contributed by atoms with Crippen LogP contribution in [-0.2, 0) is 5.41 Å². The molecule has 0 radical (unpaired) electrons. The van der Waals surface area contributed by atoms with E-state index in [-0.39, 0.29) is 17.4 Å². The molecule has 0 bridgehead atoms. The zero-order valence-electron chi connectivity index (χ0n) is 12.0. The van der Waals surface area contributed by atoms with Gasteiger partial charge in [-0.05, 0) is 30.8 Å². The Morgan fingerprint density at radius 1 is 1.53 bits per heavy atom. The minimum absolute atomic E-state index is 0.0584. The van der Waals surface area contributed by atoms with Gasteiger partial charge in [-0.3, -0.25) is 4.79 Å². The first kappa shape index (κ1) is 14.4. The fourth-order valence-electron chi connectivity index (χ4n) is 2.37. The van der Waals surface area contributed by atoms with Crippen LogP contribution in [0.1, 0.15) is 49.5 Å². The maximum Gasteiger partial charge on any atom is 0.267 e. The average molecular weight is 282 g/mol. The van der Waals surface area contributed by atoms with Gasteiger partial charge in [-0.1, -0.05) is 25.3 Å². The summed E-state index contributed by atoms with van der Waals surface area (Å²) in [5.74, 6) is 0.464. The topological polar surface area (TPSA) is 72.1 Å². The fraction of sp³-hybridized carbons (Fsp3) is 0.769. The second kappa shape index (κ2) is 5.17. The minimum atomic E-state index is -0.154. The van der Waals surface area contributed by atoms with Gasteiger partial charge in [0.1, 0.15) is 4.88 Å². The molecule has 0 aromatic carbocycles. The molecular weight excluding hydrogens is 260 g/mol. The molecule has 2 atom stereocenters. The molecule has 6 heteroatoms. The Hall–Kier alpha value is -1.01. The second-order valence-electron chi connectivity index (χ2n) is 6.36. The number of carbonyl (C=O) groups is 1. The van der Waals surface area contributed by atoms with Crippen LogP contribution in [0.15, 0.2) is 0 Å². The summed E-state index contributed by atoms with van der Waals surface area (Å²) in [6.45, 7) is 9.69. The van der Waals surface area contributed by atoms with Gasteiger partial charge in [-0.15, -0.1) is 5.10 Å². The van der Waals surface area contributed by atoms with E-state index in [1.807, 2.05) is 11.8 Å². The van der Waals surface area contributed by atoms with Crippen molar-refractivity contribution in [1.29, 1.82) is 0 Å². The number of hydrogen-bond donors (Lipinski definition) is 1. The van der Waals surface area contributed by atoms with E-state index in [1.54, 1.807) is 0 Å². The predicted octanol–water partition coefficient (Wildman–Crippen LogP) is 1.64. The van der Waals surface area contributed by atoms with Crippen LogP contribution in [0.25, 0.3) is 0 Å². The lowest BCUT2D eigenvalue weighted by molar-refractivity contribution is 0.0788. The zero-order valence-corrected chi connectivity index (χ0v) is 12.8. The highest BCUT2D eigenvalue weighted by Crippen LogP contribution is 2.28. The highest BCUT2D eigenvalue weighted by molar-refractivity contribution is 7.08. The summed E-state index contributed by atoms with van der Waals surface area (Å²) in [4.78, 5) is 15.1. The molecular formula is C13H22N4OS. The summed E-state index contributed by atoms with van der Waals surface area (Å²) in [5, 5.41) is 4.13. The summed E-state index contributed by atoms with van der Waals surface area (Å²) in [5.41, 5.74) is 6.56. The molecule has 0 aliphatic carbocycles. The maximum absolute atomic E-state index is 12.6. The molecule has 19 heavy (non-hydrogen) atoms. The van der Waals surface area contributed by atoms with Crippen molar-refractivity contribution >= 4 is 17.4 Å². The van der Waals surface area contributed by atoms with Crippen molar-refractivity contribution in [2.75, 3.05) is 13.1 Å². The molecule has 2 unspecified atom stereocenters. The SMILES string of the molecule is CC(N)C1CCN(C(=O)c2snnc2C(C)(C)C)C1. The molecule has 1 fully saturated rings. The van der Waals surface area contributed by atoms with Gasteiger partial charge in [0, 0.05) is 24.5 Å². The van der Waals surface area contributed by atoms with Crippen molar-refractivity contribution in [3.05, 3.63) is 10.6 Å². The van der Waals surface area contributed by atoms with Crippen LogP contribution in [0.3, 0.4) is 0 Å². The van der Waals surface area contributed by atoms with Gasteiger partial charge in [0.05, 0.1) is 5.69 Å². The number of hydrogen-bond acceptors (Lipinski definition) is 5. The molecule has 2 N–H and O–H groups in total. The third-order valence-electron chi connectivity index (χ3n) is 3.65. The minimum Gasteiger partial charge on any atom is -0.337 e. The van der Waals surface area contributed by atoms with E-state index in [4.69, 9.17) is 5.73 Å². The molecule has 1 aromatic heterocycles. The van der Waals surface area contributed by atoms with Crippen LogP contribution >= 0.6 is 11.5 Å². The summed E-state index contributed by atoms with van der Waals surface area (Å²) < 4.78 is 3.95. The Bertz CT molecular complexity index is 463. The van der Waals surface area contributed by atoms with Crippen LogP contribution in [-0.4, -0.2) is 39.5 Å². The van der Waals surface area contributed by atoms with Crippen molar-refractivity contribution < 1.29 is 4.79 Å².